The van der Waals surface area contributed by atoms with Crippen LogP contribution in [0.3, 0.4) is 0 Å². The molecular weight excluding hydrogens is 248 g/mol. The Hall–Kier alpha value is -2.43. The third-order valence-electron chi connectivity index (χ3n) is 3.35. The van der Waals surface area contributed by atoms with Gasteiger partial charge in [-0.25, -0.2) is 0 Å². The Labute approximate surface area is 109 Å². The summed E-state index contributed by atoms with van der Waals surface area (Å²) in [7, 11) is 1.47. The lowest BCUT2D eigenvalue weighted by atomic mass is 9.85. The number of ketones is 1. The van der Waals surface area contributed by atoms with Crippen LogP contribution in [0.4, 0.5) is 0 Å². The van der Waals surface area contributed by atoms with Crippen LogP contribution in [0.15, 0.2) is 24.0 Å². The van der Waals surface area contributed by atoms with E-state index >= 15 is 0 Å². The molecule has 5 nitrogen and oxygen atoms in total. The summed E-state index contributed by atoms with van der Waals surface area (Å²) in [5.74, 6) is 0.877. The van der Waals surface area contributed by atoms with E-state index < -0.39 is 0 Å². The summed E-state index contributed by atoms with van der Waals surface area (Å²) in [6, 6.07) is 1.60. The van der Waals surface area contributed by atoms with Crippen LogP contribution in [0.1, 0.15) is 22.8 Å². The van der Waals surface area contributed by atoms with Crippen LogP contribution in [0, 0.1) is 0 Å². The fourth-order valence-electron chi connectivity index (χ4n) is 2.34. The molecule has 1 aromatic rings. The second kappa shape index (κ2) is 3.78. The summed E-state index contributed by atoms with van der Waals surface area (Å²) in [4.78, 5) is 12.2. The molecular formula is C14H12O5. The highest BCUT2D eigenvalue weighted by molar-refractivity contribution is 6.17. The summed E-state index contributed by atoms with van der Waals surface area (Å²) in [6.45, 7) is 5.45. The molecule has 0 atom stereocenters. The molecule has 0 saturated carbocycles. The average Bonchev–Trinajstić information content (AvgIpc) is 2.88. The summed E-state index contributed by atoms with van der Waals surface area (Å²) < 4.78 is 15.9. The SMILES string of the molecule is C=C1C(O)=C(C)C(=O)c2cc3c(c(OC)c21)OCO3. The van der Waals surface area contributed by atoms with Gasteiger partial charge in [0.15, 0.2) is 17.3 Å². The van der Waals surface area contributed by atoms with Gasteiger partial charge in [0.05, 0.1) is 7.11 Å². The van der Waals surface area contributed by atoms with E-state index in [1.807, 2.05) is 0 Å². The largest absolute Gasteiger partial charge is 0.507 e. The Balaban J connectivity index is 2.36. The number of ether oxygens (including phenoxy) is 3. The van der Waals surface area contributed by atoms with Gasteiger partial charge in [-0.1, -0.05) is 6.58 Å². The molecule has 19 heavy (non-hydrogen) atoms. The van der Waals surface area contributed by atoms with Gasteiger partial charge < -0.3 is 19.3 Å². The van der Waals surface area contributed by atoms with Gasteiger partial charge in [-0.2, -0.15) is 0 Å². The highest BCUT2D eigenvalue weighted by Gasteiger charge is 2.34. The van der Waals surface area contributed by atoms with E-state index in [1.54, 1.807) is 13.0 Å². The van der Waals surface area contributed by atoms with Gasteiger partial charge in [-0.3, -0.25) is 4.79 Å². The molecule has 1 aromatic carbocycles. The second-order valence-electron chi connectivity index (χ2n) is 4.35. The van der Waals surface area contributed by atoms with E-state index in [-0.39, 0.29) is 23.9 Å². The van der Waals surface area contributed by atoms with Crippen molar-refractivity contribution < 1.29 is 24.1 Å². The Morgan fingerprint density at radius 1 is 1.42 bits per heavy atom. The number of aliphatic hydroxyl groups excluding tert-OH is 1. The number of fused-ring (bicyclic) bond motifs is 2. The van der Waals surface area contributed by atoms with E-state index in [4.69, 9.17) is 14.2 Å². The molecule has 0 aromatic heterocycles. The molecule has 0 radical (unpaired) electrons. The molecule has 5 heteroatoms. The van der Waals surface area contributed by atoms with Crippen LogP contribution in [0.25, 0.3) is 5.57 Å². The molecule has 3 rings (SSSR count). The summed E-state index contributed by atoms with van der Waals surface area (Å²) in [5, 5.41) is 9.96. The lowest BCUT2D eigenvalue weighted by Crippen LogP contribution is -2.15. The minimum atomic E-state index is -0.267. The second-order valence-corrected chi connectivity index (χ2v) is 4.35. The molecule has 1 N–H and O–H groups in total. The summed E-state index contributed by atoms with van der Waals surface area (Å²) >= 11 is 0. The van der Waals surface area contributed by atoms with E-state index in [9.17, 15) is 9.90 Å². The highest BCUT2D eigenvalue weighted by Crippen LogP contribution is 2.50. The molecule has 0 fully saturated rings. The van der Waals surface area contributed by atoms with Gasteiger partial charge in [0, 0.05) is 22.3 Å². The number of hydrogen-bond acceptors (Lipinski definition) is 5. The Bertz CT molecular complexity index is 654. The van der Waals surface area contributed by atoms with Crippen LogP contribution in [0.2, 0.25) is 0 Å². The zero-order valence-corrected chi connectivity index (χ0v) is 10.6. The zero-order valence-electron chi connectivity index (χ0n) is 10.6. The fourth-order valence-corrected chi connectivity index (χ4v) is 2.34. The zero-order chi connectivity index (χ0) is 13.7. The molecule has 1 heterocycles. The molecule has 0 unspecified atom stereocenters. The first-order valence-corrected chi connectivity index (χ1v) is 5.71. The molecule has 0 spiro atoms. The third kappa shape index (κ3) is 1.38. The van der Waals surface area contributed by atoms with Gasteiger partial charge in [0.25, 0.3) is 0 Å². The number of rotatable bonds is 1. The topological polar surface area (TPSA) is 65.0 Å². The van der Waals surface area contributed by atoms with E-state index in [1.165, 1.54) is 7.11 Å². The van der Waals surface area contributed by atoms with Crippen LogP contribution < -0.4 is 14.2 Å². The molecule has 2 aliphatic rings. The summed E-state index contributed by atoms with van der Waals surface area (Å²) in [5.41, 5.74) is 1.47. The summed E-state index contributed by atoms with van der Waals surface area (Å²) in [6.07, 6.45) is 0. The monoisotopic (exact) mass is 260 g/mol. The first kappa shape index (κ1) is 11.6. The molecule has 0 saturated heterocycles. The quantitative estimate of drug-likeness (QED) is 0.840. The minimum Gasteiger partial charge on any atom is -0.507 e. The van der Waals surface area contributed by atoms with Gasteiger partial charge in [-0.05, 0) is 13.0 Å². The van der Waals surface area contributed by atoms with Crippen molar-refractivity contribution in [3.63, 3.8) is 0 Å². The molecule has 0 bridgehead atoms. The van der Waals surface area contributed by atoms with Gasteiger partial charge in [0.2, 0.25) is 12.5 Å². The van der Waals surface area contributed by atoms with E-state index in [0.29, 0.717) is 33.9 Å². The predicted octanol–water partition coefficient (Wildman–Crippen LogP) is 2.47. The first-order chi connectivity index (χ1) is 9.06. The van der Waals surface area contributed by atoms with Crippen LogP contribution >= 0.6 is 0 Å². The standard InChI is InChI=1S/C14H12O5/c1-6-10-8(12(16)7(2)11(6)15)4-9-13(14(10)17-3)19-5-18-9/h4,15H,1,5H2,2-3H3. The molecule has 1 aliphatic heterocycles. The number of hydrogen-bond donors (Lipinski definition) is 1. The first-order valence-electron chi connectivity index (χ1n) is 5.71. The van der Waals surface area contributed by atoms with Crippen molar-refractivity contribution in [2.75, 3.05) is 13.9 Å². The van der Waals surface area contributed by atoms with Crippen molar-refractivity contribution in [1.82, 2.24) is 0 Å². The maximum Gasteiger partial charge on any atom is 0.231 e. The fraction of sp³-hybridized carbons (Fsp3) is 0.214. The lowest BCUT2D eigenvalue weighted by molar-refractivity contribution is 0.102. The van der Waals surface area contributed by atoms with Gasteiger partial charge in [-0.15, -0.1) is 0 Å². The Morgan fingerprint density at radius 2 is 2.16 bits per heavy atom. The number of Topliss-reactive ketones (excluding diaryl/α,β-unsaturated/α-hetero) is 1. The van der Waals surface area contributed by atoms with Gasteiger partial charge in [0.1, 0.15) is 5.76 Å². The van der Waals surface area contributed by atoms with Crippen molar-refractivity contribution in [2.45, 2.75) is 6.92 Å². The van der Waals surface area contributed by atoms with Crippen LogP contribution in [0.5, 0.6) is 17.2 Å². The van der Waals surface area contributed by atoms with Crippen molar-refractivity contribution >= 4 is 11.4 Å². The maximum absolute atomic E-state index is 12.2. The van der Waals surface area contributed by atoms with Crippen molar-refractivity contribution in [2.24, 2.45) is 0 Å². The van der Waals surface area contributed by atoms with Crippen molar-refractivity contribution in [3.05, 3.63) is 35.1 Å². The maximum atomic E-state index is 12.2. The normalized spacial score (nSPS) is 16.7. The Morgan fingerprint density at radius 3 is 2.84 bits per heavy atom. The predicted molar refractivity (Wildman–Crippen MR) is 67.8 cm³/mol. The van der Waals surface area contributed by atoms with Crippen LogP contribution in [-0.2, 0) is 0 Å². The van der Waals surface area contributed by atoms with E-state index in [2.05, 4.69) is 6.58 Å². The van der Waals surface area contributed by atoms with Crippen LogP contribution in [-0.4, -0.2) is 24.8 Å². The number of carbonyl (C=O) groups is 1. The number of allylic oxidation sites excluding steroid dienone is 2. The lowest BCUT2D eigenvalue weighted by Gasteiger charge is -2.21. The highest BCUT2D eigenvalue weighted by atomic mass is 16.7. The third-order valence-corrected chi connectivity index (χ3v) is 3.35. The molecule has 1 aliphatic carbocycles. The minimum absolute atomic E-state index is 0.0770. The average molecular weight is 260 g/mol. The number of carbonyl (C=O) groups excluding carboxylic acids is 1. The Kier molecular flexibility index (Phi) is 2.32. The number of methoxy groups -OCH3 is 1. The number of aliphatic hydroxyl groups is 1. The molecule has 98 valence electrons. The van der Waals surface area contributed by atoms with Gasteiger partial charge >= 0.3 is 0 Å². The van der Waals surface area contributed by atoms with Crippen molar-refractivity contribution in [3.8, 4) is 17.2 Å². The van der Waals surface area contributed by atoms with Crippen molar-refractivity contribution in [1.29, 1.82) is 0 Å². The molecule has 0 amide bonds. The number of benzene rings is 1. The smallest absolute Gasteiger partial charge is 0.231 e. The van der Waals surface area contributed by atoms with E-state index in [0.717, 1.165) is 0 Å².